The van der Waals surface area contributed by atoms with Crippen molar-refractivity contribution in [3.05, 3.63) is 127 Å². The minimum Gasteiger partial charge on any atom is -0.457 e. The van der Waals surface area contributed by atoms with Crippen molar-refractivity contribution in [3.63, 3.8) is 0 Å². The maximum absolute atomic E-state index is 6.27. The Kier molecular flexibility index (Phi) is 6.41. The first-order valence-corrected chi connectivity index (χ1v) is 13.2. The fraction of sp³-hybridized carbons (Fsp3) is 0.147. The van der Waals surface area contributed by atoms with Crippen LogP contribution in [-0.4, -0.2) is 11.7 Å². The highest BCUT2D eigenvalue weighted by Crippen LogP contribution is 2.45. The summed E-state index contributed by atoms with van der Waals surface area (Å²) in [6.45, 7) is 7.47. The van der Waals surface area contributed by atoms with E-state index in [4.69, 9.17) is 9.47 Å². The molecule has 5 nitrogen and oxygen atoms in total. The highest BCUT2D eigenvalue weighted by atomic mass is 16.5. The van der Waals surface area contributed by atoms with Crippen molar-refractivity contribution < 1.29 is 9.47 Å². The summed E-state index contributed by atoms with van der Waals surface area (Å²) < 4.78 is 12.1. The Hall–Kier alpha value is -4.77. The van der Waals surface area contributed by atoms with Crippen molar-refractivity contribution in [1.29, 1.82) is 0 Å². The Morgan fingerprint density at radius 2 is 1.18 bits per heavy atom. The lowest BCUT2D eigenvalue weighted by Gasteiger charge is -2.25. The van der Waals surface area contributed by atoms with E-state index < -0.39 is 0 Å². The largest absolute Gasteiger partial charge is 0.457 e. The Balaban J connectivity index is 1.26. The Labute approximate surface area is 229 Å². The van der Waals surface area contributed by atoms with E-state index in [0.717, 1.165) is 11.4 Å². The summed E-state index contributed by atoms with van der Waals surface area (Å²) in [6.07, 6.45) is 1.71. The van der Waals surface area contributed by atoms with Gasteiger partial charge in [0.05, 0.1) is 11.4 Å². The first-order valence-electron chi connectivity index (χ1n) is 13.2. The molecule has 0 spiro atoms. The van der Waals surface area contributed by atoms with Crippen LogP contribution in [0.15, 0.2) is 121 Å². The fourth-order valence-corrected chi connectivity index (χ4v) is 4.78. The maximum Gasteiger partial charge on any atom is 0.219 e. The number of fused-ring (bicyclic) bond motifs is 1. The Bertz CT molecular complexity index is 1590. The van der Waals surface area contributed by atoms with Crippen LogP contribution < -0.4 is 19.3 Å². The zero-order valence-electron chi connectivity index (χ0n) is 22.4. The molecule has 1 aromatic heterocycles. The molecule has 0 amide bonds. The molecule has 0 aliphatic carbocycles. The quantitative estimate of drug-likeness (QED) is 0.226. The molecule has 1 aliphatic heterocycles. The lowest BCUT2D eigenvalue weighted by atomic mass is 9.87. The summed E-state index contributed by atoms with van der Waals surface area (Å²) in [5.74, 6) is 2.67. The smallest absolute Gasteiger partial charge is 0.219 e. The van der Waals surface area contributed by atoms with Crippen LogP contribution in [0.4, 0.5) is 22.7 Å². The third-order valence-electron chi connectivity index (χ3n) is 6.80. The van der Waals surface area contributed by atoms with Crippen LogP contribution in [0.1, 0.15) is 26.3 Å². The van der Waals surface area contributed by atoms with E-state index in [1.807, 2.05) is 54.6 Å². The standard InChI is InChI=1S/C34H31N3O2/c1-34(2,3)25-11-8-12-26(21-25)36-24-37(32-18-5-4-17-31(32)36)27-13-9-14-28(22-27)38-29-15-10-16-30(23-29)39-33-19-6-7-20-35-33/h4-23H,24H2,1-3H3. The second-order valence-electron chi connectivity index (χ2n) is 10.6. The molecule has 2 heterocycles. The van der Waals surface area contributed by atoms with Gasteiger partial charge < -0.3 is 19.3 Å². The molecule has 5 aromatic rings. The first kappa shape index (κ1) is 24.6. The molecule has 0 fully saturated rings. The van der Waals surface area contributed by atoms with Gasteiger partial charge in [-0.2, -0.15) is 0 Å². The van der Waals surface area contributed by atoms with Gasteiger partial charge in [0.2, 0.25) is 5.88 Å². The Morgan fingerprint density at radius 1 is 0.590 bits per heavy atom. The SMILES string of the molecule is CC(C)(C)c1cccc(N2CN(c3cccc(Oc4cccc(Oc5ccccn5)c4)c3)c3ccccc32)c1. The summed E-state index contributed by atoms with van der Waals surface area (Å²) in [7, 11) is 0. The first-order chi connectivity index (χ1) is 18.9. The third kappa shape index (κ3) is 5.30. The summed E-state index contributed by atoms with van der Waals surface area (Å²) in [5, 5.41) is 0. The lowest BCUT2D eigenvalue weighted by molar-refractivity contribution is 0.449. The van der Waals surface area contributed by atoms with E-state index in [2.05, 4.69) is 96.2 Å². The van der Waals surface area contributed by atoms with E-state index in [-0.39, 0.29) is 5.41 Å². The van der Waals surface area contributed by atoms with Gasteiger partial charge in [-0.25, -0.2) is 4.98 Å². The molecule has 0 saturated heterocycles. The molecule has 0 saturated carbocycles. The van der Waals surface area contributed by atoms with Crippen molar-refractivity contribution >= 4 is 22.7 Å². The van der Waals surface area contributed by atoms with Crippen molar-refractivity contribution in [2.24, 2.45) is 0 Å². The average Bonchev–Trinajstić information content (AvgIpc) is 3.34. The molecule has 0 unspecified atom stereocenters. The molecule has 194 valence electrons. The van der Waals surface area contributed by atoms with Crippen molar-refractivity contribution in [2.45, 2.75) is 26.2 Å². The number of nitrogens with zero attached hydrogens (tertiary/aromatic N) is 3. The highest BCUT2D eigenvalue weighted by Gasteiger charge is 2.28. The predicted octanol–water partition coefficient (Wildman–Crippen LogP) is 9.21. The molecular weight excluding hydrogens is 482 g/mol. The number of hydrogen-bond donors (Lipinski definition) is 0. The van der Waals surface area contributed by atoms with E-state index in [1.54, 1.807) is 6.20 Å². The highest BCUT2D eigenvalue weighted by molar-refractivity contribution is 5.87. The second-order valence-corrected chi connectivity index (χ2v) is 10.6. The molecule has 6 rings (SSSR count). The van der Waals surface area contributed by atoms with Gasteiger partial charge >= 0.3 is 0 Å². The number of pyridine rings is 1. The number of rotatable bonds is 6. The van der Waals surface area contributed by atoms with Crippen LogP contribution in [0.3, 0.4) is 0 Å². The molecule has 39 heavy (non-hydrogen) atoms. The van der Waals surface area contributed by atoms with Crippen molar-refractivity contribution in [1.82, 2.24) is 4.98 Å². The number of aromatic nitrogens is 1. The Morgan fingerprint density at radius 3 is 1.85 bits per heavy atom. The van der Waals surface area contributed by atoms with Crippen LogP contribution >= 0.6 is 0 Å². The zero-order valence-corrected chi connectivity index (χ0v) is 22.4. The summed E-state index contributed by atoms with van der Waals surface area (Å²) in [6, 6.07) is 38.8. The number of ether oxygens (including phenoxy) is 2. The zero-order chi connectivity index (χ0) is 26.8. The summed E-state index contributed by atoms with van der Waals surface area (Å²) in [5.41, 5.74) is 6.02. The van der Waals surface area contributed by atoms with Crippen LogP contribution in [0, 0.1) is 0 Å². The normalized spacial score (nSPS) is 12.8. The van der Waals surface area contributed by atoms with Crippen LogP contribution in [-0.2, 0) is 5.41 Å². The van der Waals surface area contributed by atoms with Gasteiger partial charge in [0.25, 0.3) is 0 Å². The molecule has 0 N–H and O–H groups in total. The van der Waals surface area contributed by atoms with Gasteiger partial charge in [-0.15, -0.1) is 0 Å². The maximum atomic E-state index is 6.27. The van der Waals surface area contributed by atoms with Gasteiger partial charge in [0, 0.05) is 35.8 Å². The summed E-state index contributed by atoms with van der Waals surface area (Å²) in [4.78, 5) is 8.93. The van der Waals surface area contributed by atoms with Gasteiger partial charge in [0.15, 0.2) is 0 Å². The van der Waals surface area contributed by atoms with E-state index in [9.17, 15) is 0 Å². The number of para-hydroxylation sites is 2. The molecular formula is C34H31N3O2. The molecule has 0 radical (unpaired) electrons. The monoisotopic (exact) mass is 513 g/mol. The van der Waals surface area contributed by atoms with Gasteiger partial charge in [-0.05, 0) is 65.6 Å². The topological polar surface area (TPSA) is 37.8 Å². The molecule has 5 heteroatoms. The van der Waals surface area contributed by atoms with E-state index in [0.29, 0.717) is 24.0 Å². The molecule has 1 aliphatic rings. The van der Waals surface area contributed by atoms with Gasteiger partial charge in [-0.3, -0.25) is 0 Å². The van der Waals surface area contributed by atoms with Crippen molar-refractivity contribution in [3.8, 4) is 23.1 Å². The predicted molar refractivity (Wildman–Crippen MR) is 158 cm³/mol. The van der Waals surface area contributed by atoms with E-state index in [1.165, 1.54) is 22.6 Å². The second kappa shape index (κ2) is 10.2. The van der Waals surface area contributed by atoms with Crippen LogP contribution in [0.2, 0.25) is 0 Å². The minimum absolute atomic E-state index is 0.0839. The molecule has 4 aromatic carbocycles. The molecule has 0 bridgehead atoms. The fourth-order valence-electron chi connectivity index (χ4n) is 4.78. The van der Waals surface area contributed by atoms with Gasteiger partial charge in [-0.1, -0.05) is 63.2 Å². The van der Waals surface area contributed by atoms with E-state index >= 15 is 0 Å². The van der Waals surface area contributed by atoms with Crippen LogP contribution in [0.25, 0.3) is 0 Å². The minimum atomic E-state index is 0.0839. The van der Waals surface area contributed by atoms with Crippen molar-refractivity contribution in [2.75, 3.05) is 16.5 Å². The summed E-state index contributed by atoms with van der Waals surface area (Å²) >= 11 is 0. The number of anilines is 4. The average molecular weight is 514 g/mol. The van der Waals surface area contributed by atoms with Crippen LogP contribution in [0.5, 0.6) is 23.1 Å². The number of benzene rings is 4. The number of hydrogen-bond acceptors (Lipinski definition) is 5. The third-order valence-corrected chi connectivity index (χ3v) is 6.80. The lowest BCUT2D eigenvalue weighted by Crippen LogP contribution is -2.24. The molecule has 0 atom stereocenters. The van der Waals surface area contributed by atoms with Gasteiger partial charge in [0.1, 0.15) is 23.9 Å².